The lowest BCUT2D eigenvalue weighted by Gasteiger charge is -2.48. The van der Waals surface area contributed by atoms with Crippen molar-refractivity contribution < 1.29 is 33.6 Å². The molecule has 2 aromatic carbocycles. The number of rotatable bonds is 10. The smallest absolute Gasteiger partial charge is 0.333 e. The molecule has 0 saturated carbocycles. The normalized spacial score (nSPS) is 17.5. The van der Waals surface area contributed by atoms with Gasteiger partial charge in [0.15, 0.2) is 17.2 Å². The molecule has 226 valence electrons. The number of carbonyl (C=O) groups is 3. The first-order chi connectivity index (χ1) is 20.4. The van der Waals surface area contributed by atoms with Gasteiger partial charge in [0, 0.05) is 60.8 Å². The first-order valence-corrected chi connectivity index (χ1v) is 13.6. The number of non-ortho nitro benzene ring substituents is 1. The summed E-state index contributed by atoms with van der Waals surface area (Å²) in [4.78, 5) is 53.7. The van der Waals surface area contributed by atoms with E-state index in [-0.39, 0.29) is 47.7 Å². The van der Waals surface area contributed by atoms with E-state index < -0.39 is 22.7 Å². The van der Waals surface area contributed by atoms with E-state index in [9.17, 15) is 29.8 Å². The maximum absolute atomic E-state index is 12.4. The minimum absolute atomic E-state index is 0.00729. The molecule has 2 amide bonds. The molecule has 2 aliphatic rings. The maximum atomic E-state index is 12.4. The molecule has 1 saturated heterocycles. The largest absolute Gasteiger partial charge is 0.494 e. The van der Waals surface area contributed by atoms with Crippen molar-refractivity contribution in [1.29, 1.82) is 5.26 Å². The Morgan fingerprint density at radius 2 is 1.86 bits per heavy atom. The lowest BCUT2D eigenvalue weighted by Crippen LogP contribution is -2.49. The van der Waals surface area contributed by atoms with Crippen LogP contribution in [0.25, 0.3) is 0 Å². The van der Waals surface area contributed by atoms with Crippen molar-refractivity contribution in [2.24, 2.45) is 10.2 Å². The number of nitro groups is 1. The number of amides is 2. The van der Waals surface area contributed by atoms with Gasteiger partial charge in [0.2, 0.25) is 0 Å². The second kappa shape index (κ2) is 12.4. The number of imide groups is 1. The first-order valence-electron chi connectivity index (χ1n) is 13.6. The molecule has 1 unspecified atom stereocenters. The molecule has 1 atom stereocenters. The summed E-state index contributed by atoms with van der Waals surface area (Å²) < 4.78 is 11.5. The van der Waals surface area contributed by atoms with Gasteiger partial charge in [-0.1, -0.05) is 6.92 Å². The van der Waals surface area contributed by atoms with E-state index in [0.717, 1.165) is 23.7 Å². The van der Waals surface area contributed by atoms with Crippen molar-refractivity contribution in [3.63, 3.8) is 0 Å². The number of hydrogen-bond donors (Lipinski definition) is 0. The summed E-state index contributed by atoms with van der Waals surface area (Å²) in [6.45, 7) is 6.71. The maximum Gasteiger partial charge on any atom is 0.333 e. The highest BCUT2D eigenvalue weighted by Gasteiger charge is 2.40. The molecule has 14 heteroatoms. The van der Waals surface area contributed by atoms with Gasteiger partial charge in [-0.15, -0.1) is 15.3 Å². The van der Waals surface area contributed by atoms with Gasteiger partial charge in [0.05, 0.1) is 24.7 Å². The second-order valence-corrected chi connectivity index (χ2v) is 10.9. The Morgan fingerprint density at radius 3 is 2.47 bits per heavy atom. The van der Waals surface area contributed by atoms with Crippen LogP contribution in [-0.2, 0) is 19.2 Å². The SMILES string of the molecule is COc1cc2c(c(OC)c1N=Nc1ccc([N+](=O)[O-])cc1C#N)C(C)CC(C)(C)N2CCCC(=O)ON1C(=O)CCC1=O. The van der Waals surface area contributed by atoms with E-state index in [0.29, 0.717) is 35.2 Å². The van der Waals surface area contributed by atoms with Crippen molar-refractivity contribution in [3.8, 4) is 17.6 Å². The van der Waals surface area contributed by atoms with Crippen LogP contribution in [0.2, 0.25) is 0 Å². The molecule has 0 aliphatic carbocycles. The molecule has 0 bridgehead atoms. The van der Waals surface area contributed by atoms with E-state index in [1.165, 1.54) is 26.4 Å². The van der Waals surface area contributed by atoms with Crippen molar-refractivity contribution in [1.82, 2.24) is 5.06 Å². The summed E-state index contributed by atoms with van der Waals surface area (Å²) >= 11 is 0. The highest BCUT2D eigenvalue weighted by molar-refractivity contribution is 6.01. The van der Waals surface area contributed by atoms with Gasteiger partial charge >= 0.3 is 5.97 Å². The molecule has 1 fully saturated rings. The lowest BCUT2D eigenvalue weighted by atomic mass is 9.79. The van der Waals surface area contributed by atoms with Gasteiger partial charge in [0.1, 0.15) is 11.8 Å². The number of nitriles is 1. The van der Waals surface area contributed by atoms with Crippen LogP contribution in [0.4, 0.5) is 22.7 Å². The van der Waals surface area contributed by atoms with E-state index in [1.807, 2.05) is 12.1 Å². The van der Waals surface area contributed by atoms with Gasteiger partial charge in [-0.25, -0.2) is 4.79 Å². The van der Waals surface area contributed by atoms with Gasteiger partial charge in [0.25, 0.3) is 17.5 Å². The zero-order chi connectivity index (χ0) is 31.5. The molecule has 2 aromatic rings. The fourth-order valence-corrected chi connectivity index (χ4v) is 5.60. The van der Waals surface area contributed by atoms with Crippen LogP contribution in [0, 0.1) is 21.4 Å². The Morgan fingerprint density at radius 1 is 1.16 bits per heavy atom. The highest BCUT2D eigenvalue weighted by atomic mass is 16.7. The van der Waals surface area contributed by atoms with Crippen molar-refractivity contribution in [2.45, 2.75) is 64.3 Å². The zero-order valence-electron chi connectivity index (χ0n) is 24.6. The molecule has 0 N–H and O–H groups in total. The number of fused-ring (bicyclic) bond motifs is 1. The number of ether oxygens (including phenoxy) is 2. The Kier molecular flexibility index (Phi) is 8.93. The van der Waals surface area contributed by atoms with Gasteiger partial charge < -0.3 is 19.2 Å². The third-order valence-electron chi connectivity index (χ3n) is 7.51. The molecule has 2 aliphatic heterocycles. The van der Waals surface area contributed by atoms with Crippen LogP contribution < -0.4 is 14.4 Å². The highest BCUT2D eigenvalue weighted by Crippen LogP contribution is 2.54. The first kappa shape index (κ1) is 30.9. The summed E-state index contributed by atoms with van der Waals surface area (Å²) in [5, 5.41) is 29.7. The minimum atomic E-state index is -0.666. The molecule has 14 nitrogen and oxygen atoms in total. The van der Waals surface area contributed by atoms with Crippen LogP contribution in [0.5, 0.6) is 11.5 Å². The number of hydroxylamine groups is 2. The summed E-state index contributed by atoms with van der Waals surface area (Å²) in [6.07, 6.45) is 1.17. The summed E-state index contributed by atoms with van der Waals surface area (Å²) in [5.74, 6) is -0.911. The van der Waals surface area contributed by atoms with E-state index in [1.54, 1.807) is 0 Å². The Bertz CT molecular complexity index is 1530. The van der Waals surface area contributed by atoms with Crippen LogP contribution in [0.15, 0.2) is 34.5 Å². The average Bonchev–Trinajstić information content (AvgIpc) is 3.28. The number of anilines is 1. The monoisotopic (exact) mass is 592 g/mol. The second-order valence-electron chi connectivity index (χ2n) is 10.9. The van der Waals surface area contributed by atoms with E-state index in [4.69, 9.17) is 14.3 Å². The number of hydrogen-bond acceptors (Lipinski definition) is 12. The number of azo groups is 1. The summed E-state index contributed by atoms with van der Waals surface area (Å²) in [7, 11) is 2.99. The Labute approximate surface area is 247 Å². The summed E-state index contributed by atoms with van der Waals surface area (Å²) in [6, 6.07) is 7.47. The fraction of sp³-hybridized carbons (Fsp3) is 0.448. The molecule has 0 spiro atoms. The standard InChI is InChI=1S/C29H32N6O8/c1-17-15-29(2,3)33(12-6-7-25(38)43-34-23(36)10-11-24(34)37)21-14-22(41-4)27(28(42-5)26(17)21)32-31-20-9-8-19(35(39)40)13-18(20)16-30/h8-9,13-14,17H,6-7,10-12,15H2,1-5H3. The predicted octanol–water partition coefficient (Wildman–Crippen LogP) is 5.38. The zero-order valence-corrected chi connectivity index (χ0v) is 24.6. The van der Waals surface area contributed by atoms with Crippen molar-refractivity contribution in [2.75, 3.05) is 25.7 Å². The quantitative estimate of drug-likeness (QED) is 0.151. The molecule has 43 heavy (non-hydrogen) atoms. The molecule has 2 heterocycles. The van der Waals surface area contributed by atoms with Crippen LogP contribution in [0.1, 0.15) is 69.9 Å². The topological polar surface area (TPSA) is 177 Å². The van der Waals surface area contributed by atoms with E-state index in [2.05, 4.69) is 35.9 Å². The lowest BCUT2D eigenvalue weighted by molar-refractivity contribution is -0.384. The molecule has 0 radical (unpaired) electrons. The Balaban J connectivity index is 1.64. The third kappa shape index (κ3) is 6.25. The average molecular weight is 593 g/mol. The predicted molar refractivity (Wildman–Crippen MR) is 152 cm³/mol. The van der Waals surface area contributed by atoms with Crippen LogP contribution >= 0.6 is 0 Å². The number of nitro benzene ring substituents is 1. The van der Waals surface area contributed by atoms with Gasteiger partial charge in [-0.2, -0.15) is 5.26 Å². The van der Waals surface area contributed by atoms with E-state index >= 15 is 0 Å². The summed E-state index contributed by atoms with van der Waals surface area (Å²) in [5.41, 5.74) is 1.56. The van der Waals surface area contributed by atoms with Crippen molar-refractivity contribution in [3.05, 3.63) is 45.5 Å². The number of benzene rings is 2. The molecule has 0 aromatic heterocycles. The van der Waals surface area contributed by atoms with Gasteiger partial charge in [-0.3, -0.25) is 19.7 Å². The minimum Gasteiger partial charge on any atom is -0.494 e. The fourth-order valence-electron chi connectivity index (χ4n) is 5.60. The number of methoxy groups -OCH3 is 2. The molecular weight excluding hydrogens is 560 g/mol. The van der Waals surface area contributed by atoms with Gasteiger partial charge in [-0.05, 0) is 38.7 Å². The number of nitrogens with zero attached hydrogens (tertiary/aromatic N) is 6. The molecular formula is C29H32N6O8. The third-order valence-corrected chi connectivity index (χ3v) is 7.51. The van der Waals surface area contributed by atoms with Crippen LogP contribution in [0.3, 0.4) is 0 Å². The molecule has 4 rings (SSSR count). The Hall–Kier alpha value is -5.06. The van der Waals surface area contributed by atoms with Crippen molar-refractivity contribution >= 4 is 40.5 Å². The number of carbonyl (C=O) groups excluding carboxylic acids is 3. The van der Waals surface area contributed by atoms with Crippen LogP contribution in [-0.4, -0.2) is 54.1 Å².